The largest absolute Gasteiger partial charge is 0.310 e. The fourth-order valence-corrected chi connectivity index (χ4v) is 3.63. The maximum absolute atomic E-state index is 3.84. The molecule has 0 aromatic heterocycles. The molecule has 112 valence electrons. The standard InChI is InChI=1S/C19H31N/c1-5-19(17-9-7-6-8-10-17)20-13-18-12-15(3)14(2)11-16(18)4/h11-12,17,19-20H,5-10,13H2,1-4H3. The second kappa shape index (κ2) is 7.26. The summed E-state index contributed by atoms with van der Waals surface area (Å²) in [5, 5.41) is 3.84. The molecule has 1 heteroatoms. The third-order valence-corrected chi connectivity index (χ3v) is 5.17. The Morgan fingerprint density at radius 1 is 1.00 bits per heavy atom. The molecule has 1 atom stereocenters. The zero-order valence-corrected chi connectivity index (χ0v) is 13.8. The highest BCUT2D eigenvalue weighted by atomic mass is 14.9. The van der Waals surface area contributed by atoms with Gasteiger partial charge in [-0.2, -0.15) is 0 Å². The third-order valence-electron chi connectivity index (χ3n) is 5.17. The molecule has 1 aliphatic rings. The van der Waals surface area contributed by atoms with Crippen molar-refractivity contribution in [2.75, 3.05) is 0 Å². The lowest BCUT2D eigenvalue weighted by Gasteiger charge is -2.30. The van der Waals surface area contributed by atoms with Crippen LogP contribution in [0.2, 0.25) is 0 Å². The monoisotopic (exact) mass is 273 g/mol. The van der Waals surface area contributed by atoms with E-state index in [0.717, 1.165) is 12.5 Å². The Bertz CT molecular complexity index is 430. The summed E-state index contributed by atoms with van der Waals surface area (Å²) in [6, 6.07) is 5.40. The van der Waals surface area contributed by atoms with E-state index in [4.69, 9.17) is 0 Å². The van der Waals surface area contributed by atoms with Gasteiger partial charge in [0.2, 0.25) is 0 Å². The van der Waals surface area contributed by atoms with Gasteiger partial charge in [-0.15, -0.1) is 0 Å². The highest BCUT2D eigenvalue weighted by Gasteiger charge is 2.21. The van der Waals surface area contributed by atoms with Crippen LogP contribution in [0, 0.1) is 26.7 Å². The quantitative estimate of drug-likeness (QED) is 0.790. The molecule has 1 nitrogen and oxygen atoms in total. The maximum atomic E-state index is 3.84. The highest BCUT2D eigenvalue weighted by molar-refractivity contribution is 5.36. The van der Waals surface area contributed by atoms with Crippen LogP contribution in [0.4, 0.5) is 0 Å². The molecule has 1 saturated carbocycles. The van der Waals surface area contributed by atoms with Gasteiger partial charge >= 0.3 is 0 Å². The number of hydrogen-bond acceptors (Lipinski definition) is 1. The molecule has 0 saturated heterocycles. The van der Waals surface area contributed by atoms with Crippen LogP contribution in [0.5, 0.6) is 0 Å². The summed E-state index contributed by atoms with van der Waals surface area (Å²) in [5.41, 5.74) is 5.73. The number of rotatable bonds is 5. The molecule has 1 aromatic carbocycles. The van der Waals surface area contributed by atoms with Crippen molar-refractivity contribution in [1.82, 2.24) is 5.32 Å². The van der Waals surface area contributed by atoms with E-state index in [9.17, 15) is 0 Å². The van der Waals surface area contributed by atoms with Gasteiger partial charge in [-0.25, -0.2) is 0 Å². The molecule has 20 heavy (non-hydrogen) atoms. The Morgan fingerprint density at radius 2 is 1.65 bits per heavy atom. The molecule has 0 bridgehead atoms. The molecule has 0 heterocycles. The van der Waals surface area contributed by atoms with Crippen molar-refractivity contribution in [2.24, 2.45) is 5.92 Å². The molecule has 1 aliphatic carbocycles. The number of hydrogen-bond donors (Lipinski definition) is 1. The van der Waals surface area contributed by atoms with Crippen LogP contribution in [0.1, 0.15) is 67.7 Å². The van der Waals surface area contributed by atoms with Gasteiger partial charge in [0.05, 0.1) is 0 Å². The molecule has 0 radical (unpaired) electrons. The molecule has 1 N–H and O–H groups in total. The van der Waals surface area contributed by atoms with Crippen molar-refractivity contribution in [1.29, 1.82) is 0 Å². The smallest absolute Gasteiger partial charge is 0.0210 e. The van der Waals surface area contributed by atoms with Crippen LogP contribution in [0.3, 0.4) is 0 Å². The first-order chi connectivity index (χ1) is 9.61. The average Bonchev–Trinajstić information content (AvgIpc) is 2.46. The van der Waals surface area contributed by atoms with Crippen LogP contribution in [-0.2, 0) is 6.54 Å². The van der Waals surface area contributed by atoms with Gasteiger partial charge < -0.3 is 5.32 Å². The minimum atomic E-state index is 0.705. The molecule has 2 rings (SSSR count). The predicted octanol–water partition coefficient (Wildman–Crippen LogP) is 5.06. The number of aryl methyl sites for hydroxylation is 3. The summed E-state index contributed by atoms with van der Waals surface area (Å²) in [5.74, 6) is 0.903. The summed E-state index contributed by atoms with van der Waals surface area (Å²) in [6.07, 6.45) is 8.43. The van der Waals surface area contributed by atoms with Gasteiger partial charge in [-0.1, -0.05) is 38.3 Å². The molecule has 0 aliphatic heterocycles. The van der Waals surface area contributed by atoms with E-state index >= 15 is 0 Å². The van der Waals surface area contributed by atoms with Gasteiger partial charge in [0.15, 0.2) is 0 Å². The normalized spacial score (nSPS) is 18.2. The van der Waals surface area contributed by atoms with Crippen LogP contribution >= 0.6 is 0 Å². The van der Waals surface area contributed by atoms with Crippen molar-refractivity contribution in [3.8, 4) is 0 Å². The second-order valence-corrected chi connectivity index (χ2v) is 6.66. The van der Waals surface area contributed by atoms with Crippen molar-refractivity contribution < 1.29 is 0 Å². The maximum Gasteiger partial charge on any atom is 0.0210 e. The van der Waals surface area contributed by atoms with Crippen LogP contribution in [0.15, 0.2) is 12.1 Å². The zero-order chi connectivity index (χ0) is 14.5. The van der Waals surface area contributed by atoms with E-state index in [1.165, 1.54) is 60.8 Å². The lowest BCUT2D eigenvalue weighted by atomic mass is 9.83. The second-order valence-electron chi connectivity index (χ2n) is 6.66. The third kappa shape index (κ3) is 3.85. The molecular weight excluding hydrogens is 242 g/mol. The Morgan fingerprint density at radius 3 is 2.30 bits per heavy atom. The SMILES string of the molecule is CCC(NCc1cc(C)c(C)cc1C)C1CCCCC1. The fraction of sp³-hybridized carbons (Fsp3) is 0.684. The average molecular weight is 273 g/mol. The highest BCUT2D eigenvalue weighted by Crippen LogP contribution is 2.28. The summed E-state index contributed by atoms with van der Waals surface area (Å²) >= 11 is 0. The Balaban J connectivity index is 1.97. The fourth-order valence-electron chi connectivity index (χ4n) is 3.63. The Labute approximate surface area is 125 Å². The van der Waals surface area contributed by atoms with Gasteiger partial charge in [0.1, 0.15) is 0 Å². The van der Waals surface area contributed by atoms with E-state index in [-0.39, 0.29) is 0 Å². The van der Waals surface area contributed by atoms with Gasteiger partial charge in [0.25, 0.3) is 0 Å². The van der Waals surface area contributed by atoms with Crippen molar-refractivity contribution >= 4 is 0 Å². The van der Waals surface area contributed by atoms with Crippen LogP contribution in [-0.4, -0.2) is 6.04 Å². The number of nitrogens with one attached hydrogen (secondary N) is 1. The molecule has 0 amide bonds. The molecule has 1 unspecified atom stereocenters. The number of benzene rings is 1. The Kier molecular flexibility index (Phi) is 5.65. The van der Waals surface area contributed by atoms with E-state index < -0.39 is 0 Å². The van der Waals surface area contributed by atoms with E-state index in [1.54, 1.807) is 0 Å². The van der Waals surface area contributed by atoms with Crippen molar-refractivity contribution in [3.63, 3.8) is 0 Å². The summed E-state index contributed by atoms with van der Waals surface area (Å²) in [6.45, 7) is 10.0. The Hall–Kier alpha value is -0.820. The van der Waals surface area contributed by atoms with E-state index in [2.05, 4.69) is 45.1 Å². The van der Waals surface area contributed by atoms with Crippen LogP contribution in [0.25, 0.3) is 0 Å². The van der Waals surface area contributed by atoms with Gasteiger partial charge in [-0.05, 0) is 68.2 Å². The van der Waals surface area contributed by atoms with Crippen LogP contribution < -0.4 is 5.32 Å². The zero-order valence-electron chi connectivity index (χ0n) is 13.8. The molecule has 1 fully saturated rings. The van der Waals surface area contributed by atoms with Crippen molar-refractivity contribution in [3.05, 3.63) is 34.4 Å². The van der Waals surface area contributed by atoms with E-state index in [1.807, 2.05) is 0 Å². The minimum Gasteiger partial charge on any atom is -0.310 e. The molecular formula is C19H31N. The lowest BCUT2D eigenvalue weighted by molar-refractivity contribution is 0.261. The van der Waals surface area contributed by atoms with Crippen molar-refractivity contribution in [2.45, 2.75) is 78.8 Å². The lowest BCUT2D eigenvalue weighted by Crippen LogP contribution is -2.36. The molecule has 1 aromatic rings. The first-order valence-electron chi connectivity index (χ1n) is 8.42. The summed E-state index contributed by atoms with van der Waals surface area (Å²) < 4.78 is 0. The summed E-state index contributed by atoms with van der Waals surface area (Å²) in [4.78, 5) is 0. The van der Waals surface area contributed by atoms with Gasteiger partial charge in [-0.3, -0.25) is 0 Å². The van der Waals surface area contributed by atoms with E-state index in [0.29, 0.717) is 6.04 Å². The first kappa shape index (κ1) is 15.6. The topological polar surface area (TPSA) is 12.0 Å². The summed E-state index contributed by atoms with van der Waals surface area (Å²) in [7, 11) is 0. The minimum absolute atomic E-state index is 0.705. The predicted molar refractivity (Wildman–Crippen MR) is 88.1 cm³/mol. The van der Waals surface area contributed by atoms with Gasteiger partial charge in [0, 0.05) is 12.6 Å². The molecule has 0 spiro atoms. The first-order valence-corrected chi connectivity index (χ1v) is 8.42.